The quantitative estimate of drug-likeness (QED) is 0.803. The first-order valence-corrected chi connectivity index (χ1v) is 7.72. The van der Waals surface area contributed by atoms with Gasteiger partial charge in [-0.1, -0.05) is 0 Å². The first kappa shape index (κ1) is 14.1. The molecule has 4 nitrogen and oxygen atoms in total. The molecule has 2 rings (SSSR count). The molecule has 104 valence electrons. The van der Waals surface area contributed by atoms with E-state index in [-0.39, 0.29) is 12.3 Å². The van der Waals surface area contributed by atoms with Crippen LogP contribution >= 0.6 is 11.8 Å². The standard InChI is InChI=1S/C14H20N2O2S/c15-14(17)5-7-18-13-3-1-12(2-4-13)16-9-11-6-8-19-10-11/h1-4,11,16H,5-10H2,(H2,15,17). The second-order valence-corrected chi connectivity index (χ2v) is 5.85. The summed E-state index contributed by atoms with van der Waals surface area (Å²) in [5.41, 5.74) is 6.16. The highest BCUT2D eigenvalue weighted by Gasteiger charge is 2.14. The van der Waals surface area contributed by atoms with Crippen LogP contribution in [-0.4, -0.2) is 30.6 Å². The normalized spacial score (nSPS) is 18.2. The van der Waals surface area contributed by atoms with Crippen LogP contribution in [0.25, 0.3) is 0 Å². The third-order valence-electron chi connectivity index (χ3n) is 3.09. The summed E-state index contributed by atoms with van der Waals surface area (Å²) in [5, 5.41) is 3.45. The molecule has 0 aromatic heterocycles. The maximum absolute atomic E-state index is 10.6. The van der Waals surface area contributed by atoms with Gasteiger partial charge >= 0.3 is 0 Å². The zero-order valence-corrected chi connectivity index (χ0v) is 11.7. The number of benzene rings is 1. The fraction of sp³-hybridized carbons (Fsp3) is 0.500. The molecule has 1 aromatic carbocycles. The lowest BCUT2D eigenvalue weighted by molar-refractivity contribution is -0.118. The van der Waals surface area contributed by atoms with Crippen LogP contribution in [0.5, 0.6) is 5.75 Å². The van der Waals surface area contributed by atoms with Gasteiger partial charge in [0, 0.05) is 12.2 Å². The molecular formula is C14H20N2O2S. The van der Waals surface area contributed by atoms with Crippen molar-refractivity contribution in [1.82, 2.24) is 0 Å². The number of hydrogen-bond donors (Lipinski definition) is 2. The Bertz CT molecular complexity index is 402. The summed E-state index contributed by atoms with van der Waals surface area (Å²) < 4.78 is 5.42. The smallest absolute Gasteiger partial charge is 0.220 e. The van der Waals surface area contributed by atoms with Crippen molar-refractivity contribution < 1.29 is 9.53 Å². The molecule has 0 spiro atoms. The van der Waals surface area contributed by atoms with Crippen molar-refractivity contribution in [3.05, 3.63) is 24.3 Å². The maximum Gasteiger partial charge on any atom is 0.220 e. The summed E-state index contributed by atoms with van der Waals surface area (Å²) in [6.45, 7) is 1.37. The molecule has 3 N–H and O–H groups in total. The van der Waals surface area contributed by atoms with Crippen molar-refractivity contribution in [3.8, 4) is 5.75 Å². The molecular weight excluding hydrogens is 260 g/mol. The first-order valence-electron chi connectivity index (χ1n) is 6.57. The predicted octanol–water partition coefficient (Wildman–Crippen LogP) is 2.11. The van der Waals surface area contributed by atoms with Crippen LogP contribution in [0.15, 0.2) is 24.3 Å². The first-order chi connectivity index (χ1) is 9.24. The SMILES string of the molecule is NC(=O)CCOc1ccc(NCC2CCSC2)cc1. The fourth-order valence-corrected chi connectivity index (χ4v) is 3.23. The highest BCUT2D eigenvalue weighted by molar-refractivity contribution is 7.99. The van der Waals surface area contributed by atoms with Crippen molar-refractivity contribution in [1.29, 1.82) is 0 Å². The fourth-order valence-electron chi connectivity index (χ4n) is 1.94. The van der Waals surface area contributed by atoms with Crippen molar-refractivity contribution in [2.75, 3.05) is 30.0 Å². The number of anilines is 1. The van der Waals surface area contributed by atoms with Gasteiger partial charge in [-0.25, -0.2) is 0 Å². The second-order valence-electron chi connectivity index (χ2n) is 4.70. The summed E-state index contributed by atoms with van der Waals surface area (Å²) in [5.74, 6) is 3.77. The van der Waals surface area contributed by atoms with Gasteiger partial charge in [-0.15, -0.1) is 0 Å². The number of carbonyl (C=O) groups is 1. The van der Waals surface area contributed by atoms with E-state index in [1.54, 1.807) is 0 Å². The Balaban J connectivity index is 1.72. The van der Waals surface area contributed by atoms with E-state index in [9.17, 15) is 4.79 Å². The highest BCUT2D eigenvalue weighted by Crippen LogP contribution is 2.24. The lowest BCUT2D eigenvalue weighted by Crippen LogP contribution is -2.14. The van der Waals surface area contributed by atoms with Crippen molar-refractivity contribution in [2.24, 2.45) is 11.7 Å². The van der Waals surface area contributed by atoms with Crippen LogP contribution in [0.1, 0.15) is 12.8 Å². The van der Waals surface area contributed by atoms with Crippen LogP contribution < -0.4 is 15.8 Å². The Morgan fingerprint density at radius 1 is 1.42 bits per heavy atom. The van der Waals surface area contributed by atoms with Gasteiger partial charge in [0.2, 0.25) is 5.91 Å². The molecule has 5 heteroatoms. The van der Waals surface area contributed by atoms with Gasteiger partial charge in [0.05, 0.1) is 13.0 Å². The van der Waals surface area contributed by atoms with Gasteiger partial charge in [0.15, 0.2) is 0 Å². The average molecular weight is 280 g/mol. The van der Waals surface area contributed by atoms with Gasteiger partial charge in [-0.2, -0.15) is 11.8 Å². The number of amides is 1. The molecule has 1 aliphatic rings. The molecule has 1 amide bonds. The Hall–Kier alpha value is -1.36. The summed E-state index contributed by atoms with van der Waals surface area (Å²) in [6.07, 6.45) is 1.56. The molecule has 19 heavy (non-hydrogen) atoms. The maximum atomic E-state index is 10.6. The van der Waals surface area contributed by atoms with Crippen LogP contribution in [-0.2, 0) is 4.79 Å². The molecule has 0 bridgehead atoms. The Morgan fingerprint density at radius 2 is 2.21 bits per heavy atom. The van der Waals surface area contributed by atoms with E-state index in [4.69, 9.17) is 10.5 Å². The number of thioether (sulfide) groups is 1. The van der Waals surface area contributed by atoms with Crippen LogP contribution in [0.4, 0.5) is 5.69 Å². The number of rotatable bonds is 7. The van der Waals surface area contributed by atoms with Crippen molar-refractivity contribution >= 4 is 23.4 Å². The Labute approximate surface area is 118 Å². The number of hydrogen-bond acceptors (Lipinski definition) is 4. The topological polar surface area (TPSA) is 64.4 Å². The molecule has 1 aliphatic heterocycles. The Kier molecular flexibility index (Phi) is 5.39. The van der Waals surface area contributed by atoms with Gasteiger partial charge in [0.25, 0.3) is 0 Å². The van der Waals surface area contributed by atoms with E-state index in [1.807, 2.05) is 36.0 Å². The van der Waals surface area contributed by atoms with Crippen molar-refractivity contribution in [2.45, 2.75) is 12.8 Å². The summed E-state index contributed by atoms with van der Waals surface area (Å²) >= 11 is 2.03. The van der Waals surface area contributed by atoms with E-state index in [0.717, 1.165) is 23.9 Å². The molecule has 1 atom stereocenters. The van der Waals surface area contributed by atoms with E-state index < -0.39 is 0 Å². The largest absolute Gasteiger partial charge is 0.493 e. The number of ether oxygens (including phenoxy) is 1. The lowest BCUT2D eigenvalue weighted by atomic mass is 10.1. The number of carbonyl (C=O) groups excluding carboxylic acids is 1. The van der Waals surface area contributed by atoms with E-state index in [1.165, 1.54) is 17.9 Å². The minimum Gasteiger partial charge on any atom is -0.493 e. The summed E-state index contributed by atoms with van der Waals surface area (Å²) in [4.78, 5) is 10.6. The zero-order valence-electron chi connectivity index (χ0n) is 10.9. The zero-order chi connectivity index (χ0) is 13.5. The molecule has 1 fully saturated rings. The number of primary amides is 1. The number of nitrogens with one attached hydrogen (secondary N) is 1. The predicted molar refractivity (Wildman–Crippen MR) is 79.7 cm³/mol. The third kappa shape index (κ3) is 5.03. The Morgan fingerprint density at radius 3 is 2.84 bits per heavy atom. The molecule has 0 saturated carbocycles. The van der Waals surface area contributed by atoms with E-state index in [0.29, 0.717) is 6.61 Å². The van der Waals surface area contributed by atoms with E-state index in [2.05, 4.69) is 5.32 Å². The van der Waals surface area contributed by atoms with Gasteiger partial charge < -0.3 is 15.8 Å². The number of nitrogens with two attached hydrogens (primary N) is 1. The highest BCUT2D eigenvalue weighted by atomic mass is 32.2. The van der Waals surface area contributed by atoms with Crippen LogP contribution in [0.3, 0.4) is 0 Å². The molecule has 1 unspecified atom stereocenters. The minimum absolute atomic E-state index is 0.249. The molecule has 1 heterocycles. The molecule has 1 aromatic rings. The minimum atomic E-state index is -0.340. The third-order valence-corrected chi connectivity index (χ3v) is 4.32. The van der Waals surface area contributed by atoms with Crippen LogP contribution in [0, 0.1) is 5.92 Å². The lowest BCUT2D eigenvalue weighted by Gasteiger charge is -2.12. The summed E-state index contributed by atoms with van der Waals surface area (Å²) in [6, 6.07) is 7.82. The van der Waals surface area contributed by atoms with E-state index >= 15 is 0 Å². The molecule has 1 saturated heterocycles. The molecule has 0 aliphatic carbocycles. The monoisotopic (exact) mass is 280 g/mol. The average Bonchev–Trinajstić information content (AvgIpc) is 2.90. The van der Waals surface area contributed by atoms with Gasteiger partial charge in [-0.3, -0.25) is 4.79 Å². The van der Waals surface area contributed by atoms with Crippen molar-refractivity contribution in [3.63, 3.8) is 0 Å². The second kappa shape index (κ2) is 7.28. The van der Waals surface area contributed by atoms with Gasteiger partial charge in [0.1, 0.15) is 5.75 Å². The summed E-state index contributed by atoms with van der Waals surface area (Å²) in [7, 11) is 0. The van der Waals surface area contributed by atoms with Gasteiger partial charge in [-0.05, 0) is 48.1 Å². The molecule has 0 radical (unpaired) electrons. The van der Waals surface area contributed by atoms with Crippen LogP contribution in [0.2, 0.25) is 0 Å².